The number of benzene rings is 4. The first-order valence-electron chi connectivity index (χ1n) is 10.8. The van der Waals surface area contributed by atoms with Crippen molar-refractivity contribution in [3.05, 3.63) is 113 Å². The van der Waals surface area contributed by atoms with Crippen molar-refractivity contribution < 1.29 is 44.3 Å². The number of hydrogen-bond donors (Lipinski definition) is 0. The molecule has 0 aliphatic heterocycles. The van der Waals surface area contributed by atoms with E-state index in [4.69, 9.17) is 0 Å². The number of methoxy groups -OCH3 is 1. The highest BCUT2D eigenvalue weighted by atomic mass is 19.2. The summed E-state index contributed by atoms with van der Waals surface area (Å²) in [5.41, 5.74) is -2.70. The molecular formula is C28H15F9O. The van der Waals surface area contributed by atoms with E-state index < -0.39 is 70.1 Å². The molecule has 0 saturated carbocycles. The minimum Gasteiger partial charge on any atom is -0.377 e. The Morgan fingerprint density at radius 2 is 1.05 bits per heavy atom. The Morgan fingerprint density at radius 1 is 0.579 bits per heavy atom. The van der Waals surface area contributed by atoms with Gasteiger partial charge in [0, 0.05) is 23.8 Å². The quantitative estimate of drug-likeness (QED) is 0.176. The van der Waals surface area contributed by atoms with Gasteiger partial charge in [-0.1, -0.05) is 24.3 Å². The van der Waals surface area contributed by atoms with Gasteiger partial charge in [-0.15, -0.1) is 0 Å². The molecule has 196 valence electrons. The zero-order valence-electron chi connectivity index (χ0n) is 19.3. The summed E-state index contributed by atoms with van der Waals surface area (Å²) in [6.45, 7) is -0.674. The van der Waals surface area contributed by atoms with Crippen LogP contribution < -0.4 is 0 Å². The lowest BCUT2D eigenvalue weighted by Crippen LogP contribution is -1.97. The monoisotopic (exact) mass is 538 g/mol. The number of rotatable bonds is 6. The van der Waals surface area contributed by atoms with Crippen LogP contribution in [0.1, 0.15) is 5.56 Å². The van der Waals surface area contributed by atoms with E-state index in [1.807, 2.05) is 0 Å². The third kappa shape index (κ3) is 5.17. The average Bonchev–Trinajstić information content (AvgIpc) is 2.86. The average molecular weight is 538 g/mol. The first kappa shape index (κ1) is 27.0. The molecule has 4 rings (SSSR count). The van der Waals surface area contributed by atoms with Crippen LogP contribution in [-0.4, -0.2) is 13.7 Å². The van der Waals surface area contributed by atoms with Crippen LogP contribution in [-0.2, 0) is 4.74 Å². The van der Waals surface area contributed by atoms with Crippen molar-refractivity contribution in [3.63, 3.8) is 0 Å². The van der Waals surface area contributed by atoms with Crippen LogP contribution in [0.5, 0.6) is 0 Å². The van der Waals surface area contributed by atoms with Crippen molar-refractivity contribution in [2.24, 2.45) is 0 Å². The van der Waals surface area contributed by atoms with E-state index in [1.54, 1.807) is 0 Å². The van der Waals surface area contributed by atoms with E-state index >= 15 is 0 Å². The highest BCUT2D eigenvalue weighted by molar-refractivity contribution is 5.76. The van der Waals surface area contributed by atoms with Crippen molar-refractivity contribution in [3.8, 4) is 33.4 Å². The van der Waals surface area contributed by atoms with Gasteiger partial charge in [-0.25, -0.2) is 39.5 Å². The maximum atomic E-state index is 15.0. The summed E-state index contributed by atoms with van der Waals surface area (Å²) in [6, 6.07) is 8.16. The highest BCUT2D eigenvalue weighted by Crippen LogP contribution is 2.36. The molecule has 0 radical (unpaired) electrons. The van der Waals surface area contributed by atoms with Crippen molar-refractivity contribution in [1.82, 2.24) is 0 Å². The third-order valence-electron chi connectivity index (χ3n) is 5.64. The second-order valence-electron chi connectivity index (χ2n) is 8.11. The predicted molar refractivity (Wildman–Crippen MR) is 123 cm³/mol. The third-order valence-corrected chi connectivity index (χ3v) is 5.64. The molecule has 0 heterocycles. The van der Waals surface area contributed by atoms with Crippen LogP contribution >= 0.6 is 0 Å². The smallest absolute Gasteiger partial charge is 0.194 e. The van der Waals surface area contributed by atoms with Gasteiger partial charge in [-0.2, -0.15) is 0 Å². The van der Waals surface area contributed by atoms with E-state index in [1.165, 1.54) is 0 Å². The van der Waals surface area contributed by atoms with E-state index in [2.05, 4.69) is 4.74 Å². The Balaban J connectivity index is 1.70. The van der Waals surface area contributed by atoms with Gasteiger partial charge >= 0.3 is 0 Å². The molecule has 0 aliphatic rings. The summed E-state index contributed by atoms with van der Waals surface area (Å²) in [6.07, 6.45) is 0. The zero-order valence-corrected chi connectivity index (χ0v) is 19.3. The van der Waals surface area contributed by atoms with Crippen LogP contribution in [0.15, 0.2) is 66.5 Å². The molecule has 38 heavy (non-hydrogen) atoms. The number of hydrogen-bond acceptors (Lipinski definition) is 1. The molecule has 0 unspecified atom stereocenters. The van der Waals surface area contributed by atoms with Gasteiger partial charge in [-0.3, -0.25) is 0 Å². The van der Waals surface area contributed by atoms with Gasteiger partial charge in [0.15, 0.2) is 29.1 Å². The summed E-state index contributed by atoms with van der Waals surface area (Å²) in [5, 5.41) is 0. The summed E-state index contributed by atoms with van der Waals surface area (Å²) >= 11 is 0. The summed E-state index contributed by atoms with van der Waals surface area (Å²) in [7, 11) is 1.14. The lowest BCUT2D eigenvalue weighted by molar-refractivity contribution is 0.205. The topological polar surface area (TPSA) is 9.23 Å². The molecule has 0 spiro atoms. The Kier molecular flexibility index (Phi) is 7.63. The summed E-state index contributed by atoms with van der Waals surface area (Å²) in [5.74, 6) is -12.1. The maximum absolute atomic E-state index is 15.0. The molecular weight excluding hydrogens is 523 g/mol. The number of halogens is 9. The molecule has 0 saturated heterocycles. The van der Waals surface area contributed by atoms with Gasteiger partial charge in [0.25, 0.3) is 0 Å². The first-order valence-corrected chi connectivity index (χ1v) is 10.8. The Hall–Kier alpha value is -4.05. The number of ether oxygens (including phenoxy) is 1. The molecule has 0 aromatic heterocycles. The predicted octanol–water partition coefficient (Wildman–Crippen LogP) is 8.92. The fraction of sp³-hybridized carbons (Fsp3) is 0.0714. The Labute approximate surface area is 210 Å². The van der Waals surface area contributed by atoms with E-state index in [9.17, 15) is 39.5 Å². The second-order valence-corrected chi connectivity index (χ2v) is 8.11. The van der Waals surface area contributed by atoms with Crippen molar-refractivity contribution in [2.75, 3.05) is 13.7 Å². The van der Waals surface area contributed by atoms with Gasteiger partial charge in [0.2, 0.25) is 0 Å². The van der Waals surface area contributed by atoms with Gasteiger partial charge in [0.05, 0.1) is 5.56 Å². The van der Waals surface area contributed by atoms with Crippen LogP contribution in [0.2, 0.25) is 0 Å². The van der Waals surface area contributed by atoms with Crippen LogP contribution in [0.3, 0.4) is 0 Å². The van der Waals surface area contributed by atoms with Crippen molar-refractivity contribution in [1.29, 1.82) is 0 Å². The lowest BCUT2D eigenvalue weighted by Gasteiger charge is -2.12. The van der Waals surface area contributed by atoms with E-state index in [-0.39, 0.29) is 27.8 Å². The molecule has 4 aromatic rings. The lowest BCUT2D eigenvalue weighted by atomic mass is 9.95. The fourth-order valence-electron chi connectivity index (χ4n) is 3.85. The first-order chi connectivity index (χ1) is 18.0. The Morgan fingerprint density at radius 3 is 1.55 bits per heavy atom. The zero-order chi connectivity index (χ0) is 27.7. The van der Waals surface area contributed by atoms with E-state index in [0.29, 0.717) is 24.3 Å². The highest BCUT2D eigenvalue weighted by Gasteiger charge is 2.20. The van der Waals surface area contributed by atoms with Crippen molar-refractivity contribution in [2.45, 2.75) is 0 Å². The normalized spacial score (nSPS) is 12.1. The van der Waals surface area contributed by atoms with Gasteiger partial charge in [-0.05, 0) is 53.1 Å². The summed E-state index contributed by atoms with van der Waals surface area (Å²) in [4.78, 5) is 0. The molecule has 0 aliphatic carbocycles. The van der Waals surface area contributed by atoms with Gasteiger partial charge in [0.1, 0.15) is 29.9 Å². The maximum Gasteiger partial charge on any atom is 0.194 e. The fourth-order valence-corrected chi connectivity index (χ4v) is 3.85. The molecule has 10 heteroatoms. The molecule has 0 bridgehead atoms. The summed E-state index contributed by atoms with van der Waals surface area (Å²) < 4.78 is 132. The molecule has 0 atom stereocenters. The minimum atomic E-state index is -1.74. The second kappa shape index (κ2) is 10.7. The minimum absolute atomic E-state index is 0.274. The Bertz CT molecular complexity index is 1530. The largest absolute Gasteiger partial charge is 0.377 e. The molecule has 0 N–H and O–H groups in total. The van der Waals surface area contributed by atoms with Crippen molar-refractivity contribution >= 4 is 5.83 Å². The molecule has 0 fully saturated rings. The SMILES string of the molecule is COC/C(F)=C(\F)c1ccc(-c2cc(F)c(-c3ccc(-c4cc(F)c(F)c(F)c4)c(F)c3)c(F)c2)c(F)c1. The molecule has 4 aromatic carbocycles. The molecule has 0 amide bonds. The van der Waals surface area contributed by atoms with Gasteiger partial charge < -0.3 is 4.74 Å². The van der Waals surface area contributed by atoms with Crippen LogP contribution in [0.25, 0.3) is 39.2 Å². The van der Waals surface area contributed by atoms with E-state index in [0.717, 1.165) is 43.5 Å². The van der Waals surface area contributed by atoms with Crippen LogP contribution in [0, 0.1) is 40.7 Å². The molecule has 1 nitrogen and oxygen atoms in total. The van der Waals surface area contributed by atoms with Crippen LogP contribution in [0.4, 0.5) is 39.5 Å². The standard InChI is InChI=1S/C28H15F9O/c1-38-12-25(35)27(36)14-3-5-18(20(30)7-14)15-8-21(31)26(22(32)9-15)13-2-4-17(19(29)6-13)16-10-23(33)28(37)24(34)11-16/h2-11H,12H2,1H3/b27-25+.